The Morgan fingerprint density at radius 2 is 2.12 bits per heavy atom. The Hall–Kier alpha value is -3.16. The number of hydrogen-bond acceptors (Lipinski definition) is 6. The fraction of sp³-hybridized carbons (Fsp3) is 0.360. The van der Waals surface area contributed by atoms with E-state index in [0.29, 0.717) is 30.3 Å². The van der Waals surface area contributed by atoms with E-state index >= 15 is 0 Å². The molecule has 1 saturated heterocycles. The molecule has 1 aromatic carbocycles. The van der Waals surface area contributed by atoms with Crippen LogP contribution in [0.25, 0.3) is 28.1 Å². The van der Waals surface area contributed by atoms with E-state index in [1.54, 1.807) is 18.2 Å². The van der Waals surface area contributed by atoms with Crippen LogP contribution in [-0.4, -0.2) is 36.3 Å². The predicted molar refractivity (Wildman–Crippen MR) is 129 cm³/mol. The number of methoxy groups -OCH3 is 1. The summed E-state index contributed by atoms with van der Waals surface area (Å²) in [7, 11) is 1.61. The molecule has 3 heterocycles. The predicted octanol–water partition coefficient (Wildman–Crippen LogP) is 3.96. The van der Waals surface area contributed by atoms with Crippen molar-refractivity contribution in [3.05, 3.63) is 58.0 Å². The van der Waals surface area contributed by atoms with Gasteiger partial charge in [0.25, 0.3) is 5.56 Å². The van der Waals surface area contributed by atoms with Crippen molar-refractivity contribution in [1.29, 1.82) is 0 Å². The average Bonchev–Trinajstić information content (AvgIpc) is 2.77. The third-order valence-corrected chi connectivity index (χ3v) is 6.31. The zero-order chi connectivity index (χ0) is 23.0. The number of ether oxygens (including phenoxy) is 2. The van der Waals surface area contributed by atoms with E-state index < -0.39 is 0 Å². The summed E-state index contributed by atoms with van der Waals surface area (Å²) in [5, 5.41) is 2.62. The first-order valence-electron chi connectivity index (χ1n) is 10.8. The van der Waals surface area contributed by atoms with E-state index in [2.05, 4.69) is 23.5 Å². The highest BCUT2D eigenvalue weighted by molar-refractivity contribution is 5.98. The number of benzene rings is 1. The van der Waals surface area contributed by atoms with Gasteiger partial charge in [-0.25, -0.2) is 10.8 Å². The summed E-state index contributed by atoms with van der Waals surface area (Å²) in [5.74, 6) is 7.48. The molecule has 1 fully saturated rings. The summed E-state index contributed by atoms with van der Waals surface area (Å²) in [6, 6.07) is 8.02. The topological polar surface area (TPSA) is 93.5 Å². The number of nitrogens with one attached hydrogen (secondary N) is 1. The van der Waals surface area contributed by atoms with E-state index in [0.717, 1.165) is 39.7 Å². The number of fused-ring (bicyclic) bond motifs is 1. The van der Waals surface area contributed by atoms with E-state index in [4.69, 9.17) is 15.3 Å². The molecule has 0 radical (unpaired) electrons. The number of aryl methyl sites for hydroxylation is 2. The quantitative estimate of drug-likeness (QED) is 0.466. The molecule has 0 saturated carbocycles. The Labute approximate surface area is 187 Å². The van der Waals surface area contributed by atoms with Crippen LogP contribution in [0.3, 0.4) is 0 Å². The number of H-pyrrole nitrogens is 1. The highest BCUT2D eigenvalue weighted by Gasteiger charge is 2.29. The summed E-state index contributed by atoms with van der Waals surface area (Å²) in [5.41, 5.74) is 5.59. The maximum absolute atomic E-state index is 13.0. The Morgan fingerprint density at radius 3 is 2.78 bits per heavy atom. The molecule has 4 rings (SSSR count). The lowest BCUT2D eigenvalue weighted by Gasteiger charge is -2.37. The Kier molecular flexibility index (Phi) is 6.04. The number of aromatic nitrogens is 2. The summed E-state index contributed by atoms with van der Waals surface area (Å²) in [6.07, 6.45) is 2.38. The van der Waals surface area contributed by atoms with E-state index in [1.165, 1.54) is 0 Å². The molecule has 0 spiro atoms. The van der Waals surface area contributed by atoms with Gasteiger partial charge in [0, 0.05) is 35.2 Å². The summed E-state index contributed by atoms with van der Waals surface area (Å²) >= 11 is 0. The molecule has 32 heavy (non-hydrogen) atoms. The number of pyridine rings is 2. The van der Waals surface area contributed by atoms with Crippen molar-refractivity contribution in [2.75, 3.05) is 25.3 Å². The normalized spacial score (nSPS) is 18.5. The lowest BCUT2D eigenvalue weighted by atomic mass is 9.94. The highest BCUT2D eigenvalue weighted by atomic mass is 16.5. The molecule has 168 valence electrons. The van der Waals surface area contributed by atoms with Gasteiger partial charge in [-0.2, -0.15) is 0 Å². The molecule has 1 aliphatic heterocycles. The van der Waals surface area contributed by atoms with Gasteiger partial charge in [-0.3, -0.25) is 4.79 Å². The van der Waals surface area contributed by atoms with Gasteiger partial charge >= 0.3 is 0 Å². The minimum absolute atomic E-state index is 0.0717. The number of rotatable bonds is 5. The molecular weight excluding hydrogens is 404 g/mol. The molecule has 7 heteroatoms. The molecule has 0 unspecified atom stereocenters. The van der Waals surface area contributed by atoms with Gasteiger partial charge in [0.2, 0.25) is 5.88 Å². The summed E-state index contributed by atoms with van der Waals surface area (Å²) in [6.45, 7) is 11.3. The molecule has 2 aromatic heterocycles. The standard InChI is InChI=1S/C25H30N4O3/c1-6-18-24(29(26)21-9-10-32-13-15(21)3)19-8-7-17(12-20(19)28-25(18)30)23-14(2)11-22(31-5)27-16(23)4/h6-8,11-12,15,21H,1,9-10,13,26H2,2-5H3,(H,28,30)/t15-,21+/m0/s1. The second-order valence-corrected chi connectivity index (χ2v) is 8.44. The van der Waals surface area contributed by atoms with Crippen LogP contribution in [0.4, 0.5) is 5.69 Å². The first kappa shape index (κ1) is 22.0. The Bertz CT molecular complexity index is 1210. The summed E-state index contributed by atoms with van der Waals surface area (Å²) < 4.78 is 10.9. The van der Waals surface area contributed by atoms with Crippen molar-refractivity contribution in [3.8, 4) is 17.0 Å². The molecule has 0 amide bonds. The molecule has 1 aliphatic rings. The molecule has 7 nitrogen and oxygen atoms in total. The molecular formula is C25H30N4O3. The maximum Gasteiger partial charge on any atom is 0.257 e. The largest absolute Gasteiger partial charge is 0.481 e. The van der Waals surface area contributed by atoms with Crippen LogP contribution in [0.15, 0.2) is 35.6 Å². The number of hydrazine groups is 1. The molecule has 2 atom stereocenters. The van der Waals surface area contributed by atoms with Crippen molar-refractivity contribution in [2.24, 2.45) is 11.8 Å². The van der Waals surface area contributed by atoms with Gasteiger partial charge in [-0.05, 0) is 37.5 Å². The molecule has 0 bridgehead atoms. The van der Waals surface area contributed by atoms with Crippen LogP contribution in [0.1, 0.15) is 30.2 Å². The average molecular weight is 435 g/mol. The van der Waals surface area contributed by atoms with Gasteiger partial charge in [0.1, 0.15) is 0 Å². The minimum Gasteiger partial charge on any atom is -0.481 e. The van der Waals surface area contributed by atoms with Crippen LogP contribution in [0.5, 0.6) is 5.88 Å². The van der Waals surface area contributed by atoms with Crippen molar-refractivity contribution in [1.82, 2.24) is 9.97 Å². The first-order valence-corrected chi connectivity index (χ1v) is 10.8. The number of aromatic amines is 1. The monoisotopic (exact) mass is 434 g/mol. The SMILES string of the molecule is C=Cc1c(N(N)[C@@H]2CCOC[C@@H]2C)c2ccc(-c3c(C)cc(OC)nc3C)cc2[nH]c1=O. The number of nitrogens with zero attached hydrogens (tertiary/aromatic N) is 2. The minimum atomic E-state index is -0.212. The lowest BCUT2D eigenvalue weighted by molar-refractivity contribution is 0.0466. The van der Waals surface area contributed by atoms with Crippen molar-refractivity contribution >= 4 is 22.7 Å². The lowest BCUT2D eigenvalue weighted by Crippen LogP contribution is -2.49. The Morgan fingerprint density at radius 1 is 1.34 bits per heavy atom. The summed E-state index contributed by atoms with van der Waals surface area (Å²) in [4.78, 5) is 20.5. The van der Waals surface area contributed by atoms with Gasteiger partial charge < -0.3 is 19.5 Å². The second-order valence-electron chi connectivity index (χ2n) is 8.44. The van der Waals surface area contributed by atoms with Crippen LogP contribution in [0.2, 0.25) is 0 Å². The third-order valence-electron chi connectivity index (χ3n) is 6.31. The third kappa shape index (κ3) is 3.78. The van der Waals surface area contributed by atoms with Gasteiger partial charge in [-0.15, -0.1) is 0 Å². The second kappa shape index (κ2) is 8.76. The molecule has 3 N–H and O–H groups in total. The van der Waals surface area contributed by atoms with Gasteiger partial charge in [0.05, 0.1) is 36.5 Å². The highest BCUT2D eigenvalue weighted by Crippen LogP contribution is 2.35. The van der Waals surface area contributed by atoms with Crippen molar-refractivity contribution in [3.63, 3.8) is 0 Å². The smallest absolute Gasteiger partial charge is 0.257 e. The Balaban J connectivity index is 1.89. The fourth-order valence-electron chi connectivity index (χ4n) is 4.70. The number of hydrogen-bond donors (Lipinski definition) is 2. The van der Waals surface area contributed by atoms with Gasteiger partial charge in [0.15, 0.2) is 0 Å². The zero-order valence-electron chi connectivity index (χ0n) is 19.1. The maximum atomic E-state index is 13.0. The first-order chi connectivity index (χ1) is 15.3. The number of nitrogens with two attached hydrogens (primary N) is 1. The van der Waals surface area contributed by atoms with E-state index in [9.17, 15) is 4.79 Å². The molecule has 0 aliphatic carbocycles. The molecule has 3 aromatic rings. The zero-order valence-corrected chi connectivity index (χ0v) is 19.1. The van der Waals surface area contributed by atoms with Gasteiger partial charge in [-0.1, -0.05) is 31.7 Å². The van der Waals surface area contributed by atoms with Crippen molar-refractivity contribution < 1.29 is 9.47 Å². The van der Waals surface area contributed by atoms with Crippen molar-refractivity contribution in [2.45, 2.75) is 33.2 Å². The van der Waals surface area contributed by atoms with Crippen LogP contribution in [0, 0.1) is 19.8 Å². The van der Waals surface area contributed by atoms with Crippen LogP contribution < -0.4 is 21.1 Å². The van der Waals surface area contributed by atoms with E-state index in [1.807, 2.05) is 38.1 Å². The number of anilines is 1. The van der Waals surface area contributed by atoms with Crippen LogP contribution in [-0.2, 0) is 4.74 Å². The fourth-order valence-corrected chi connectivity index (χ4v) is 4.70. The van der Waals surface area contributed by atoms with Crippen LogP contribution >= 0.6 is 0 Å². The van der Waals surface area contributed by atoms with E-state index in [-0.39, 0.29) is 17.5 Å².